The van der Waals surface area contributed by atoms with Gasteiger partial charge in [0.15, 0.2) is 5.82 Å². The molecule has 2 heterocycles. The largest absolute Gasteiger partial charge is 0.383 e. The Morgan fingerprint density at radius 2 is 1.89 bits per heavy atom. The zero-order chi connectivity index (χ0) is 32.2. The number of amides is 3. The normalized spacial score (nSPS) is 17.0. The molecule has 0 saturated carbocycles. The molecule has 242 valence electrons. The number of hydrogen-bond acceptors (Lipinski definition) is 10. The van der Waals surface area contributed by atoms with Gasteiger partial charge in [0.05, 0.1) is 0 Å². The molecule has 3 aromatic rings. The lowest BCUT2D eigenvalue weighted by Crippen LogP contribution is -2.50. The van der Waals surface area contributed by atoms with Crippen molar-refractivity contribution in [1.82, 2.24) is 35.7 Å². The molecule has 1 saturated heterocycles. The number of thioether (sulfide) groups is 1. The van der Waals surface area contributed by atoms with Gasteiger partial charge in [-0.05, 0) is 73.1 Å². The maximum Gasteiger partial charge on any atom is 0.244 e. The SMILES string of the molecule is CCN(CC)CCNC(=O)CCCc1ccc(NC[C@H]2SC([C@H](N)C(=O)Nc3cccc(-c4nnn[nH]4)c3)N(CC)C2=O)cc1. The van der Waals surface area contributed by atoms with Crippen molar-refractivity contribution < 1.29 is 14.4 Å². The minimum Gasteiger partial charge on any atom is -0.383 e. The second-order valence-corrected chi connectivity index (χ2v) is 12.1. The van der Waals surface area contributed by atoms with Crippen molar-refractivity contribution in [3.8, 4) is 11.4 Å². The van der Waals surface area contributed by atoms with Crippen molar-refractivity contribution in [1.29, 1.82) is 0 Å². The first-order valence-electron chi connectivity index (χ1n) is 15.5. The Labute approximate surface area is 268 Å². The number of benzene rings is 2. The fourth-order valence-corrected chi connectivity index (χ4v) is 6.64. The van der Waals surface area contributed by atoms with Crippen LogP contribution in [-0.2, 0) is 20.8 Å². The summed E-state index contributed by atoms with van der Waals surface area (Å²) >= 11 is 1.40. The molecule has 2 aromatic carbocycles. The summed E-state index contributed by atoms with van der Waals surface area (Å²) in [6.07, 6.45) is 2.10. The van der Waals surface area contributed by atoms with Crippen LogP contribution in [0.2, 0.25) is 0 Å². The van der Waals surface area contributed by atoms with Crippen LogP contribution in [0.1, 0.15) is 39.2 Å². The van der Waals surface area contributed by atoms with Crippen LogP contribution in [0.25, 0.3) is 11.4 Å². The van der Waals surface area contributed by atoms with Gasteiger partial charge in [-0.1, -0.05) is 38.1 Å². The molecular formula is C31H44N10O3S. The van der Waals surface area contributed by atoms with Gasteiger partial charge >= 0.3 is 0 Å². The first-order valence-corrected chi connectivity index (χ1v) is 16.5. The minimum atomic E-state index is -0.928. The van der Waals surface area contributed by atoms with Gasteiger partial charge < -0.3 is 31.5 Å². The molecule has 1 unspecified atom stereocenters. The van der Waals surface area contributed by atoms with Gasteiger partial charge in [0, 0.05) is 49.5 Å². The number of nitrogens with one attached hydrogen (secondary N) is 4. The Morgan fingerprint density at radius 1 is 1.11 bits per heavy atom. The highest BCUT2D eigenvalue weighted by Gasteiger charge is 2.44. The van der Waals surface area contributed by atoms with E-state index < -0.39 is 11.4 Å². The highest BCUT2D eigenvalue weighted by Crippen LogP contribution is 2.34. The third kappa shape index (κ3) is 9.49. The number of hydrogen-bond donors (Lipinski definition) is 5. The van der Waals surface area contributed by atoms with Crippen LogP contribution < -0.4 is 21.7 Å². The van der Waals surface area contributed by atoms with Crippen LogP contribution in [0.4, 0.5) is 11.4 Å². The van der Waals surface area contributed by atoms with Crippen molar-refractivity contribution >= 4 is 40.9 Å². The summed E-state index contributed by atoms with van der Waals surface area (Å²) in [5.41, 5.74) is 9.73. The molecule has 3 atom stereocenters. The second kappa shape index (κ2) is 16.9. The first kappa shape index (κ1) is 33.9. The van der Waals surface area contributed by atoms with Gasteiger partial charge in [0.2, 0.25) is 17.7 Å². The average Bonchev–Trinajstić information content (AvgIpc) is 3.71. The zero-order valence-corrected chi connectivity index (χ0v) is 27.0. The monoisotopic (exact) mass is 636 g/mol. The van der Waals surface area contributed by atoms with Gasteiger partial charge in [-0.2, -0.15) is 0 Å². The third-order valence-electron chi connectivity index (χ3n) is 7.83. The minimum absolute atomic E-state index is 0.0462. The molecule has 0 radical (unpaired) electrons. The summed E-state index contributed by atoms with van der Waals surface area (Å²) in [6, 6.07) is 14.2. The second-order valence-electron chi connectivity index (χ2n) is 10.8. The van der Waals surface area contributed by atoms with E-state index in [1.807, 2.05) is 37.3 Å². The molecule has 0 bridgehead atoms. The number of anilines is 2. The number of rotatable bonds is 17. The number of H-pyrrole nitrogens is 1. The van der Waals surface area contributed by atoms with Gasteiger partial charge in [-0.15, -0.1) is 16.9 Å². The molecule has 1 fully saturated rings. The fraction of sp³-hybridized carbons (Fsp3) is 0.484. The number of tetrazole rings is 1. The number of likely N-dealkylation sites (N-methyl/N-ethyl adjacent to an activating group) is 2. The summed E-state index contributed by atoms with van der Waals surface area (Å²) in [7, 11) is 0. The molecule has 3 amide bonds. The molecule has 6 N–H and O–H groups in total. The topological polar surface area (TPSA) is 174 Å². The Kier molecular flexibility index (Phi) is 12.7. The van der Waals surface area contributed by atoms with E-state index in [4.69, 9.17) is 5.73 Å². The molecule has 0 spiro atoms. The third-order valence-corrected chi connectivity index (χ3v) is 9.35. The lowest BCUT2D eigenvalue weighted by atomic mass is 10.1. The number of aryl methyl sites for hydroxylation is 1. The first-order chi connectivity index (χ1) is 21.8. The van der Waals surface area contributed by atoms with Crippen LogP contribution in [0.3, 0.4) is 0 Å². The van der Waals surface area contributed by atoms with E-state index in [9.17, 15) is 14.4 Å². The van der Waals surface area contributed by atoms with E-state index in [1.54, 1.807) is 23.1 Å². The van der Waals surface area contributed by atoms with E-state index in [1.165, 1.54) is 11.8 Å². The van der Waals surface area contributed by atoms with Crippen LogP contribution in [-0.4, -0.2) is 104 Å². The predicted octanol–water partition coefficient (Wildman–Crippen LogP) is 2.32. The van der Waals surface area contributed by atoms with Crippen molar-refractivity contribution in [3.63, 3.8) is 0 Å². The molecule has 0 aliphatic carbocycles. The summed E-state index contributed by atoms with van der Waals surface area (Å²) in [5, 5.41) is 22.1. The molecule has 45 heavy (non-hydrogen) atoms. The maximum absolute atomic E-state index is 13.2. The summed E-state index contributed by atoms with van der Waals surface area (Å²) in [6.45, 7) is 10.5. The highest BCUT2D eigenvalue weighted by atomic mass is 32.2. The van der Waals surface area contributed by atoms with E-state index in [0.717, 1.165) is 49.3 Å². The Balaban J connectivity index is 1.22. The summed E-state index contributed by atoms with van der Waals surface area (Å²) < 4.78 is 0. The molecular weight excluding hydrogens is 592 g/mol. The molecule has 1 aliphatic heterocycles. The number of aromatic nitrogens is 4. The quantitative estimate of drug-likeness (QED) is 0.148. The van der Waals surface area contributed by atoms with Crippen molar-refractivity contribution in [2.24, 2.45) is 5.73 Å². The van der Waals surface area contributed by atoms with E-state index >= 15 is 0 Å². The van der Waals surface area contributed by atoms with Crippen LogP contribution in [0.15, 0.2) is 48.5 Å². The van der Waals surface area contributed by atoms with Gasteiger partial charge in [-0.3, -0.25) is 14.4 Å². The average molecular weight is 637 g/mol. The Hall–Kier alpha value is -4.01. The van der Waals surface area contributed by atoms with Gasteiger partial charge in [0.25, 0.3) is 0 Å². The lowest BCUT2D eigenvalue weighted by molar-refractivity contribution is -0.130. The number of nitrogens with two attached hydrogens (primary N) is 1. The van der Waals surface area contributed by atoms with Crippen LogP contribution in [0, 0.1) is 0 Å². The van der Waals surface area contributed by atoms with Crippen LogP contribution in [0.5, 0.6) is 0 Å². The zero-order valence-electron chi connectivity index (χ0n) is 26.2. The molecule has 13 nitrogen and oxygen atoms in total. The summed E-state index contributed by atoms with van der Waals surface area (Å²) in [4.78, 5) is 42.4. The number of carbonyl (C=O) groups is 3. The van der Waals surface area contributed by atoms with Gasteiger partial charge in [-0.25, -0.2) is 5.10 Å². The van der Waals surface area contributed by atoms with Crippen molar-refractivity contribution in [2.45, 2.75) is 56.7 Å². The predicted molar refractivity (Wildman–Crippen MR) is 177 cm³/mol. The van der Waals surface area contributed by atoms with Crippen LogP contribution >= 0.6 is 11.8 Å². The molecule has 4 rings (SSSR count). The standard InChI is InChI=1S/C31H44N10O3S/c1-4-40(5-2)18-17-33-26(42)12-7-9-21-13-15-23(16-14-21)34-20-25-30(44)41(6-3)31(45-25)27(32)29(43)35-24-11-8-10-22(19-24)28-36-38-39-37-28/h8,10-11,13-16,19,25,27,31,34H,4-7,9,12,17-18,20,32H2,1-3H3,(H,33,42)(H,35,43)(H,36,37,38,39)/t25-,27-,31?/m1/s1. The smallest absolute Gasteiger partial charge is 0.244 e. The number of aromatic amines is 1. The van der Waals surface area contributed by atoms with E-state index in [2.05, 4.69) is 55.3 Å². The number of carbonyl (C=O) groups excluding carboxylic acids is 3. The van der Waals surface area contributed by atoms with E-state index in [0.29, 0.717) is 37.6 Å². The van der Waals surface area contributed by atoms with Gasteiger partial charge in [0.1, 0.15) is 16.7 Å². The maximum atomic E-state index is 13.2. The summed E-state index contributed by atoms with van der Waals surface area (Å²) in [5.74, 6) is 0.143. The Morgan fingerprint density at radius 3 is 2.58 bits per heavy atom. The lowest BCUT2D eigenvalue weighted by Gasteiger charge is -2.26. The molecule has 1 aromatic heterocycles. The highest BCUT2D eigenvalue weighted by molar-refractivity contribution is 8.01. The van der Waals surface area contributed by atoms with Crippen molar-refractivity contribution in [3.05, 3.63) is 54.1 Å². The molecule has 14 heteroatoms. The molecule has 1 aliphatic rings. The Bertz CT molecular complexity index is 1380. The number of nitrogens with zero attached hydrogens (tertiary/aromatic N) is 5. The van der Waals surface area contributed by atoms with Crippen molar-refractivity contribution in [2.75, 3.05) is 49.9 Å². The van der Waals surface area contributed by atoms with E-state index in [-0.39, 0.29) is 23.0 Å². The fourth-order valence-electron chi connectivity index (χ4n) is 5.18.